The lowest BCUT2D eigenvalue weighted by Gasteiger charge is -2.22. The molecular weight excluding hydrogens is 464 g/mol. The third kappa shape index (κ3) is 6.26. The molecular formula is C23H30N2O6S2. The molecule has 1 amide bonds. The quantitative estimate of drug-likeness (QED) is 0.501. The molecule has 0 saturated heterocycles. The first kappa shape index (κ1) is 25.0. The average molecular weight is 495 g/mol. The SMILES string of the molecule is CCOC(=O)c1c(NC(=O)CCCN(c2ccc(OC)cc2)S(C)(=O)=O)sc2c1CCCC2. The van der Waals surface area contributed by atoms with Crippen molar-refractivity contribution in [2.75, 3.05) is 36.1 Å². The summed E-state index contributed by atoms with van der Waals surface area (Å²) in [6, 6.07) is 6.72. The third-order valence-corrected chi connectivity index (χ3v) is 7.83. The Morgan fingerprint density at radius 1 is 1.15 bits per heavy atom. The number of thiophene rings is 1. The van der Waals surface area contributed by atoms with Crippen LogP contribution in [-0.2, 0) is 32.4 Å². The highest BCUT2D eigenvalue weighted by Gasteiger charge is 2.27. The van der Waals surface area contributed by atoms with E-state index in [0.717, 1.165) is 42.4 Å². The number of ether oxygens (including phenoxy) is 2. The van der Waals surface area contributed by atoms with E-state index in [0.29, 0.717) is 28.4 Å². The smallest absolute Gasteiger partial charge is 0.341 e. The number of fused-ring (bicyclic) bond motifs is 1. The van der Waals surface area contributed by atoms with Crippen molar-refractivity contribution in [3.63, 3.8) is 0 Å². The van der Waals surface area contributed by atoms with Gasteiger partial charge in [0.05, 0.1) is 31.2 Å². The monoisotopic (exact) mass is 494 g/mol. The lowest BCUT2D eigenvalue weighted by molar-refractivity contribution is -0.116. The Morgan fingerprint density at radius 2 is 1.85 bits per heavy atom. The van der Waals surface area contributed by atoms with Gasteiger partial charge in [-0.2, -0.15) is 0 Å². The van der Waals surface area contributed by atoms with Gasteiger partial charge in [0, 0.05) is 17.8 Å². The Labute approximate surface area is 198 Å². The fourth-order valence-corrected chi connectivity index (χ4v) is 6.14. The van der Waals surface area contributed by atoms with Gasteiger partial charge < -0.3 is 14.8 Å². The summed E-state index contributed by atoms with van der Waals surface area (Å²) >= 11 is 1.44. The topological polar surface area (TPSA) is 102 Å². The van der Waals surface area contributed by atoms with E-state index in [1.165, 1.54) is 15.6 Å². The molecule has 3 rings (SSSR count). The normalized spacial score (nSPS) is 13.2. The van der Waals surface area contributed by atoms with Gasteiger partial charge in [-0.1, -0.05) is 0 Å². The fourth-order valence-electron chi connectivity index (χ4n) is 3.88. The predicted molar refractivity (Wildman–Crippen MR) is 130 cm³/mol. The number of hydrogen-bond acceptors (Lipinski definition) is 7. The molecule has 2 aromatic rings. The number of benzene rings is 1. The summed E-state index contributed by atoms with van der Waals surface area (Å²) in [6.45, 7) is 2.18. The molecule has 0 radical (unpaired) electrons. The predicted octanol–water partition coefficient (Wildman–Crippen LogP) is 4.00. The molecule has 0 atom stereocenters. The molecule has 0 fully saturated rings. The van der Waals surface area contributed by atoms with Gasteiger partial charge >= 0.3 is 5.97 Å². The minimum Gasteiger partial charge on any atom is -0.497 e. The lowest BCUT2D eigenvalue weighted by atomic mass is 9.95. The number of aryl methyl sites for hydroxylation is 1. The molecule has 0 bridgehead atoms. The number of sulfonamides is 1. The van der Waals surface area contributed by atoms with Gasteiger partial charge in [0.25, 0.3) is 0 Å². The van der Waals surface area contributed by atoms with Gasteiger partial charge in [-0.3, -0.25) is 9.10 Å². The Kier molecular flexibility index (Phi) is 8.36. The number of methoxy groups -OCH3 is 1. The Bertz CT molecular complexity index is 1090. The van der Waals surface area contributed by atoms with E-state index in [-0.39, 0.29) is 25.5 Å². The summed E-state index contributed by atoms with van der Waals surface area (Å²) in [5.74, 6) is -0.0417. The number of amides is 1. The standard InChI is InChI=1S/C23H30N2O6S2/c1-4-31-23(27)21-18-8-5-6-9-19(18)32-22(21)24-20(26)10-7-15-25(33(3,28)29)16-11-13-17(30-2)14-12-16/h11-14H,4-10,15H2,1-3H3,(H,24,26). The van der Waals surface area contributed by atoms with E-state index in [1.54, 1.807) is 38.3 Å². The second kappa shape index (κ2) is 11.0. The Morgan fingerprint density at radius 3 is 2.48 bits per heavy atom. The fraction of sp³-hybridized carbons (Fsp3) is 0.478. The number of nitrogens with one attached hydrogen (secondary N) is 1. The van der Waals surface area contributed by atoms with Crippen LogP contribution >= 0.6 is 11.3 Å². The van der Waals surface area contributed by atoms with Crippen molar-refractivity contribution in [1.82, 2.24) is 0 Å². The van der Waals surface area contributed by atoms with Crippen LogP contribution in [0.5, 0.6) is 5.75 Å². The molecule has 1 aromatic heterocycles. The van der Waals surface area contributed by atoms with Gasteiger partial charge in [-0.05, 0) is 68.9 Å². The van der Waals surface area contributed by atoms with Crippen molar-refractivity contribution >= 4 is 43.9 Å². The van der Waals surface area contributed by atoms with Gasteiger partial charge in [0.15, 0.2) is 0 Å². The molecule has 1 heterocycles. The molecule has 0 aliphatic heterocycles. The maximum absolute atomic E-state index is 12.7. The molecule has 8 nitrogen and oxygen atoms in total. The summed E-state index contributed by atoms with van der Waals surface area (Å²) in [5.41, 5.74) is 1.97. The molecule has 1 aromatic carbocycles. The first-order chi connectivity index (χ1) is 15.7. The van der Waals surface area contributed by atoms with Gasteiger partial charge in [-0.25, -0.2) is 13.2 Å². The second-order valence-corrected chi connectivity index (χ2v) is 10.8. The van der Waals surface area contributed by atoms with E-state index < -0.39 is 16.0 Å². The van der Waals surface area contributed by atoms with Crippen molar-refractivity contribution in [2.45, 2.75) is 45.4 Å². The summed E-state index contributed by atoms with van der Waals surface area (Å²) in [4.78, 5) is 26.3. The second-order valence-electron chi connectivity index (χ2n) is 7.82. The molecule has 0 spiro atoms. The zero-order chi connectivity index (χ0) is 24.0. The maximum Gasteiger partial charge on any atom is 0.341 e. The summed E-state index contributed by atoms with van der Waals surface area (Å²) in [6.07, 6.45) is 5.36. The van der Waals surface area contributed by atoms with Crippen LogP contribution in [0.25, 0.3) is 0 Å². The molecule has 33 heavy (non-hydrogen) atoms. The summed E-state index contributed by atoms with van der Waals surface area (Å²) in [5, 5.41) is 3.40. The van der Waals surface area contributed by atoms with Crippen LogP contribution in [0.15, 0.2) is 24.3 Å². The van der Waals surface area contributed by atoms with Crippen molar-refractivity contribution < 1.29 is 27.5 Å². The van der Waals surface area contributed by atoms with Crippen LogP contribution in [0.1, 0.15) is 53.4 Å². The van der Waals surface area contributed by atoms with Crippen molar-refractivity contribution in [1.29, 1.82) is 0 Å². The van der Waals surface area contributed by atoms with Crippen molar-refractivity contribution in [3.8, 4) is 5.75 Å². The molecule has 1 aliphatic carbocycles. The first-order valence-electron chi connectivity index (χ1n) is 11.0. The summed E-state index contributed by atoms with van der Waals surface area (Å²) in [7, 11) is -1.98. The third-order valence-electron chi connectivity index (χ3n) is 5.43. The van der Waals surface area contributed by atoms with E-state index in [9.17, 15) is 18.0 Å². The zero-order valence-electron chi connectivity index (χ0n) is 19.2. The molecule has 10 heteroatoms. The minimum absolute atomic E-state index is 0.118. The highest BCUT2D eigenvalue weighted by Crippen LogP contribution is 2.38. The number of rotatable bonds is 10. The number of anilines is 2. The number of nitrogens with zero attached hydrogens (tertiary/aromatic N) is 1. The largest absolute Gasteiger partial charge is 0.497 e. The van der Waals surface area contributed by atoms with E-state index in [1.807, 2.05) is 0 Å². The minimum atomic E-state index is -3.52. The molecule has 1 N–H and O–H groups in total. The number of carbonyl (C=O) groups is 2. The van der Waals surface area contributed by atoms with Crippen LogP contribution in [0.2, 0.25) is 0 Å². The highest BCUT2D eigenvalue weighted by atomic mass is 32.2. The first-order valence-corrected chi connectivity index (χ1v) is 13.6. The summed E-state index contributed by atoms with van der Waals surface area (Å²) < 4.78 is 36.2. The van der Waals surface area contributed by atoms with Gasteiger partial charge in [-0.15, -0.1) is 11.3 Å². The number of esters is 1. The molecule has 0 unspecified atom stereocenters. The van der Waals surface area contributed by atoms with Crippen LogP contribution in [0.4, 0.5) is 10.7 Å². The Balaban J connectivity index is 1.67. The van der Waals surface area contributed by atoms with E-state index >= 15 is 0 Å². The van der Waals surface area contributed by atoms with Crippen LogP contribution in [-0.4, -0.2) is 46.8 Å². The Hall–Kier alpha value is -2.59. The number of carbonyl (C=O) groups excluding carboxylic acids is 2. The van der Waals surface area contributed by atoms with E-state index in [4.69, 9.17) is 9.47 Å². The van der Waals surface area contributed by atoms with Gasteiger partial charge in [0.1, 0.15) is 10.8 Å². The van der Waals surface area contributed by atoms with Crippen molar-refractivity contribution in [2.24, 2.45) is 0 Å². The van der Waals surface area contributed by atoms with Crippen LogP contribution in [0, 0.1) is 0 Å². The van der Waals surface area contributed by atoms with Gasteiger partial charge in [0.2, 0.25) is 15.9 Å². The van der Waals surface area contributed by atoms with E-state index in [2.05, 4.69) is 5.32 Å². The molecule has 0 saturated carbocycles. The lowest BCUT2D eigenvalue weighted by Crippen LogP contribution is -2.31. The van der Waals surface area contributed by atoms with Crippen LogP contribution in [0.3, 0.4) is 0 Å². The zero-order valence-corrected chi connectivity index (χ0v) is 20.8. The number of hydrogen-bond donors (Lipinski definition) is 1. The molecule has 180 valence electrons. The average Bonchev–Trinajstić information content (AvgIpc) is 3.14. The highest BCUT2D eigenvalue weighted by molar-refractivity contribution is 7.92. The van der Waals surface area contributed by atoms with Crippen LogP contribution < -0.4 is 14.4 Å². The molecule has 1 aliphatic rings. The maximum atomic E-state index is 12.7. The van der Waals surface area contributed by atoms with Crippen molar-refractivity contribution in [3.05, 3.63) is 40.3 Å².